The minimum Gasteiger partial charge on any atom is -0.369 e. The van der Waals surface area contributed by atoms with E-state index in [0.29, 0.717) is 12.5 Å². The van der Waals surface area contributed by atoms with Gasteiger partial charge < -0.3 is 10.6 Å². The normalized spacial score (nSPS) is 11.6. The first-order valence-corrected chi connectivity index (χ1v) is 6.54. The number of para-hydroxylation sites is 1. The highest BCUT2D eigenvalue weighted by atomic mass is 32.1. The summed E-state index contributed by atoms with van der Waals surface area (Å²) >= 11 is 1.64. The molecule has 0 aliphatic heterocycles. The van der Waals surface area contributed by atoms with Crippen molar-refractivity contribution in [1.29, 1.82) is 0 Å². The summed E-state index contributed by atoms with van der Waals surface area (Å²) < 4.78 is 0. The summed E-state index contributed by atoms with van der Waals surface area (Å²) in [6, 6.07) is 9.68. The molecule has 94 valence electrons. The first-order valence-electron chi connectivity index (χ1n) is 5.66. The predicted octanol–water partition coefficient (Wildman–Crippen LogP) is 2.53. The molecule has 0 fully saturated rings. The maximum Gasteiger partial charge on any atom is 0.196 e. The number of nitrogens with zero attached hydrogens (tertiary/aromatic N) is 3. The molecule has 0 saturated carbocycles. The first-order chi connectivity index (χ1) is 8.65. The van der Waals surface area contributed by atoms with Crippen molar-refractivity contribution in [3.63, 3.8) is 0 Å². The van der Waals surface area contributed by atoms with Gasteiger partial charge in [-0.2, -0.15) is 0 Å². The van der Waals surface area contributed by atoms with E-state index in [0.717, 1.165) is 16.4 Å². The average Bonchev–Trinajstić information content (AvgIpc) is 2.76. The lowest BCUT2D eigenvalue weighted by Crippen LogP contribution is -2.33. The van der Waals surface area contributed by atoms with Crippen molar-refractivity contribution in [2.24, 2.45) is 10.7 Å². The van der Waals surface area contributed by atoms with E-state index in [4.69, 9.17) is 5.73 Å². The van der Waals surface area contributed by atoms with Gasteiger partial charge in [0.15, 0.2) is 5.96 Å². The molecule has 2 rings (SSSR count). The Balaban J connectivity index is 2.05. The van der Waals surface area contributed by atoms with Crippen molar-refractivity contribution in [3.05, 3.63) is 46.4 Å². The van der Waals surface area contributed by atoms with E-state index in [1.807, 2.05) is 54.6 Å². The topological polar surface area (TPSA) is 54.5 Å². The van der Waals surface area contributed by atoms with E-state index in [1.165, 1.54) is 0 Å². The van der Waals surface area contributed by atoms with Crippen LogP contribution in [-0.4, -0.2) is 22.9 Å². The van der Waals surface area contributed by atoms with Crippen LogP contribution in [0.5, 0.6) is 0 Å². The van der Waals surface area contributed by atoms with E-state index in [9.17, 15) is 0 Å². The van der Waals surface area contributed by atoms with Gasteiger partial charge in [0.05, 0.1) is 22.9 Å². The van der Waals surface area contributed by atoms with E-state index < -0.39 is 0 Å². The number of nitrogens with two attached hydrogens (primary N) is 1. The van der Waals surface area contributed by atoms with Crippen LogP contribution in [0.4, 0.5) is 5.69 Å². The summed E-state index contributed by atoms with van der Waals surface area (Å²) in [5, 5.41) is 3.11. The Hall–Kier alpha value is -1.88. The second-order valence-electron chi connectivity index (χ2n) is 4.02. The molecule has 0 atom stereocenters. The molecule has 1 heterocycles. The highest BCUT2D eigenvalue weighted by Gasteiger charge is 2.05. The lowest BCUT2D eigenvalue weighted by molar-refractivity contribution is 0.488. The third-order valence-electron chi connectivity index (χ3n) is 2.46. The number of hydrogen-bond acceptors (Lipinski definition) is 3. The molecule has 1 aromatic heterocycles. The van der Waals surface area contributed by atoms with Gasteiger partial charge in [-0.05, 0) is 19.1 Å². The number of aliphatic imine (C=N–C) groups is 1. The predicted molar refractivity (Wildman–Crippen MR) is 76.0 cm³/mol. The first kappa shape index (κ1) is 12.6. The van der Waals surface area contributed by atoms with Crippen molar-refractivity contribution >= 4 is 23.0 Å². The Morgan fingerprint density at radius 2 is 2.11 bits per heavy atom. The van der Waals surface area contributed by atoms with E-state index in [2.05, 4.69) is 9.98 Å². The Morgan fingerprint density at radius 1 is 1.39 bits per heavy atom. The number of hydrogen-bond donors (Lipinski definition) is 1. The summed E-state index contributed by atoms with van der Waals surface area (Å²) in [4.78, 5) is 10.7. The van der Waals surface area contributed by atoms with Gasteiger partial charge in [-0.15, -0.1) is 11.3 Å². The van der Waals surface area contributed by atoms with E-state index in [-0.39, 0.29) is 0 Å². The Labute approximate surface area is 111 Å². The Bertz CT molecular complexity index is 533. The van der Waals surface area contributed by atoms with Crippen LogP contribution >= 0.6 is 11.3 Å². The summed E-state index contributed by atoms with van der Waals surface area (Å²) in [6.45, 7) is 2.67. The van der Waals surface area contributed by atoms with Crippen LogP contribution in [0.1, 0.15) is 10.7 Å². The molecule has 0 aliphatic rings. The monoisotopic (exact) mass is 260 g/mol. The molecule has 0 unspecified atom stereocenters. The average molecular weight is 260 g/mol. The minimum atomic E-state index is 0.492. The lowest BCUT2D eigenvalue weighted by atomic mass is 10.3. The molecule has 0 saturated heterocycles. The zero-order valence-corrected chi connectivity index (χ0v) is 11.3. The van der Waals surface area contributed by atoms with Crippen LogP contribution in [0.15, 0.2) is 40.7 Å². The van der Waals surface area contributed by atoms with Gasteiger partial charge in [-0.3, -0.25) is 0 Å². The van der Waals surface area contributed by atoms with Gasteiger partial charge in [-0.25, -0.2) is 9.98 Å². The van der Waals surface area contributed by atoms with Crippen LogP contribution in [0.25, 0.3) is 0 Å². The van der Waals surface area contributed by atoms with Crippen LogP contribution in [-0.2, 0) is 6.54 Å². The molecule has 5 heteroatoms. The number of thiazole rings is 1. The van der Waals surface area contributed by atoms with Crippen LogP contribution in [0.2, 0.25) is 0 Å². The van der Waals surface area contributed by atoms with E-state index in [1.54, 1.807) is 11.3 Å². The van der Waals surface area contributed by atoms with Crippen LogP contribution < -0.4 is 5.73 Å². The smallest absolute Gasteiger partial charge is 0.196 e. The fraction of sp³-hybridized carbons (Fsp3) is 0.231. The second-order valence-corrected chi connectivity index (χ2v) is 5.08. The highest BCUT2D eigenvalue weighted by Crippen LogP contribution is 2.12. The molecule has 18 heavy (non-hydrogen) atoms. The summed E-state index contributed by atoms with van der Waals surface area (Å²) in [7, 11) is 1.91. The van der Waals surface area contributed by atoms with Gasteiger partial charge in [0.25, 0.3) is 0 Å². The van der Waals surface area contributed by atoms with Crippen molar-refractivity contribution in [1.82, 2.24) is 9.88 Å². The highest BCUT2D eigenvalue weighted by molar-refractivity contribution is 7.09. The van der Waals surface area contributed by atoms with Crippen molar-refractivity contribution < 1.29 is 0 Å². The quantitative estimate of drug-likeness (QED) is 0.681. The Morgan fingerprint density at radius 3 is 2.72 bits per heavy atom. The van der Waals surface area contributed by atoms with Crippen LogP contribution in [0.3, 0.4) is 0 Å². The molecule has 1 aromatic carbocycles. The molecule has 0 aliphatic carbocycles. The largest absolute Gasteiger partial charge is 0.369 e. The molecule has 0 amide bonds. The Kier molecular flexibility index (Phi) is 3.94. The number of rotatable bonds is 3. The summed E-state index contributed by atoms with van der Waals surface area (Å²) in [5.41, 5.74) is 7.83. The fourth-order valence-electron chi connectivity index (χ4n) is 1.53. The molecular formula is C13H16N4S. The maximum atomic E-state index is 5.96. The molecule has 2 aromatic rings. The van der Waals surface area contributed by atoms with Gasteiger partial charge in [0.2, 0.25) is 0 Å². The van der Waals surface area contributed by atoms with Crippen LogP contribution in [0, 0.1) is 6.92 Å². The molecule has 4 nitrogen and oxygen atoms in total. The van der Waals surface area contributed by atoms with Gasteiger partial charge in [0, 0.05) is 12.4 Å². The molecule has 2 N–H and O–H groups in total. The summed E-state index contributed by atoms with van der Waals surface area (Å²) in [6.07, 6.45) is 0. The molecule has 0 bridgehead atoms. The number of benzene rings is 1. The standard InChI is InChI=1S/C13H16N4S/c1-10-15-12(9-18-10)8-17(2)13(14)16-11-6-4-3-5-7-11/h3-7,9H,8H2,1-2H3,(H2,14,16). The van der Waals surface area contributed by atoms with Gasteiger partial charge in [-0.1, -0.05) is 18.2 Å². The summed E-state index contributed by atoms with van der Waals surface area (Å²) in [5.74, 6) is 0.492. The molecule has 0 spiro atoms. The minimum absolute atomic E-state index is 0.492. The lowest BCUT2D eigenvalue weighted by Gasteiger charge is -2.16. The fourth-order valence-corrected chi connectivity index (χ4v) is 2.13. The zero-order valence-electron chi connectivity index (χ0n) is 10.5. The molecule has 0 radical (unpaired) electrons. The van der Waals surface area contributed by atoms with Crippen molar-refractivity contribution in [3.8, 4) is 0 Å². The maximum absolute atomic E-state index is 5.96. The number of aromatic nitrogens is 1. The van der Waals surface area contributed by atoms with Gasteiger partial charge >= 0.3 is 0 Å². The second kappa shape index (κ2) is 5.64. The SMILES string of the molecule is Cc1nc(CN(C)C(N)=Nc2ccccc2)cs1. The number of aryl methyl sites for hydroxylation is 1. The van der Waals surface area contributed by atoms with Crippen molar-refractivity contribution in [2.75, 3.05) is 7.05 Å². The third-order valence-corrected chi connectivity index (χ3v) is 3.28. The third kappa shape index (κ3) is 3.30. The number of guanidine groups is 1. The molecular weight excluding hydrogens is 244 g/mol. The zero-order chi connectivity index (χ0) is 13.0. The van der Waals surface area contributed by atoms with E-state index >= 15 is 0 Å². The van der Waals surface area contributed by atoms with Crippen molar-refractivity contribution in [2.45, 2.75) is 13.5 Å². The van der Waals surface area contributed by atoms with Gasteiger partial charge in [0.1, 0.15) is 0 Å².